The number of benzene rings is 2. The third-order valence-corrected chi connectivity index (χ3v) is 3.21. The topological polar surface area (TPSA) is 127 Å². The number of hydroxylamine groups is 1. The Labute approximate surface area is 133 Å². The molecule has 0 aliphatic carbocycles. The molecule has 2 aromatic carbocycles. The average Bonchev–Trinajstić information content (AvgIpc) is 3.04. The van der Waals surface area contributed by atoms with E-state index in [0.717, 1.165) is 0 Å². The summed E-state index contributed by atoms with van der Waals surface area (Å²) in [4.78, 5) is 14.5. The summed E-state index contributed by atoms with van der Waals surface area (Å²) >= 11 is 0. The van der Waals surface area contributed by atoms with E-state index in [2.05, 4.69) is 19.9 Å². The molecule has 2 N–H and O–H groups in total. The zero-order chi connectivity index (χ0) is 17.1. The first-order chi connectivity index (χ1) is 11.6. The molecule has 0 atom stereocenters. The molecular weight excluding hydrogens is 321 g/mol. The maximum atomic E-state index is 13.2. The van der Waals surface area contributed by atoms with E-state index < -0.39 is 10.7 Å². The molecule has 0 amide bonds. The van der Waals surface area contributed by atoms with Gasteiger partial charge >= 0.3 is 5.69 Å². The third kappa shape index (κ3) is 3.03. The fourth-order valence-corrected chi connectivity index (χ4v) is 2.17. The number of hydrogen-bond acceptors (Lipinski definition) is 7. The first-order valence-corrected chi connectivity index (χ1v) is 6.70. The van der Waals surface area contributed by atoms with Crippen LogP contribution in [-0.2, 0) is 6.42 Å². The number of nitro benzene ring substituents is 1. The van der Waals surface area contributed by atoms with Gasteiger partial charge in [0.1, 0.15) is 11.7 Å². The maximum absolute atomic E-state index is 13.2. The fourth-order valence-electron chi connectivity index (χ4n) is 2.17. The lowest BCUT2D eigenvalue weighted by Gasteiger charge is -2.05. The van der Waals surface area contributed by atoms with Gasteiger partial charge in [-0.3, -0.25) is 20.8 Å². The predicted molar refractivity (Wildman–Crippen MR) is 80.6 cm³/mol. The van der Waals surface area contributed by atoms with Gasteiger partial charge in [-0.1, -0.05) is 12.1 Å². The number of hydrogen-bond donors (Lipinski definition) is 2. The number of rotatable bonds is 4. The molecule has 0 bridgehead atoms. The lowest BCUT2D eigenvalue weighted by atomic mass is 10.1. The van der Waals surface area contributed by atoms with Gasteiger partial charge in [0.05, 0.1) is 10.6 Å². The predicted octanol–water partition coefficient (Wildman–Crippen LogP) is 2.52. The standard InChI is InChI=1S/C14H10FN5O4/c15-9-3-1-2-8(6-9)7-12(17-21)16-10-4-5-11(20(22)23)14-13(10)18-24-19-14/h1-6,21H,7H2,(H,16,17). The second-order valence-corrected chi connectivity index (χ2v) is 4.80. The summed E-state index contributed by atoms with van der Waals surface area (Å²) in [5.41, 5.74) is 2.47. The summed E-state index contributed by atoms with van der Waals surface area (Å²) < 4.78 is 17.8. The SMILES string of the molecule is O=[N+]([O-])c1ccc(N=C(Cc2cccc(F)c2)NO)c2nonc12. The van der Waals surface area contributed by atoms with Gasteiger partial charge in [-0.15, -0.1) is 0 Å². The first kappa shape index (κ1) is 15.5. The van der Waals surface area contributed by atoms with Crippen molar-refractivity contribution in [2.45, 2.75) is 6.42 Å². The molecule has 24 heavy (non-hydrogen) atoms. The van der Waals surface area contributed by atoms with E-state index in [1.54, 1.807) is 6.07 Å². The summed E-state index contributed by atoms with van der Waals surface area (Å²) in [7, 11) is 0. The molecule has 1 heterocycles. The van der Waals surface area contributed by atoms with Crippen LogP contribution in [0.3, 0.4) is 0 Å². The summed E-state index contributed by atoms with van der Waals surface area (Å²) in [6.07, 6.45) is 0.109. The monoisotopic (exact) mass is 331 g/mol. The Kier molecular flexibility index (Phi) is 4.12. The van der Waals surface area contributed by atoms with E-state index in [0.29, 0.717) is 5.56 Å². The van der Waals surface area contributed by atoms with Crippen LogP contribution in [0.5, 0.6) is 0 Å². The molecule has 122 valence electrons. The highest BCUT2D eigenvalue weighted by Gasteiger charge is 2.19. The Balaban J connectivity index is 1.99. The molecule has 1 aromatic heterocycles. The number of halogens is 1. The molecule has 0 fully saturated rings. The quantitative estimate of drug-likeness (QED) is 0.325. The maximum Gasteiger partial charge on any atom is 0.300 e. The highest BCUT2D eigenvalue weighted by Crippen LogP contribution is 2.30. The summed E-state index contributed by atoms with van der Waals surface area (Å²) in [5, 5.41) is 27.3. The van der Waals surface area contributed by atoms with E-state index in [1.807, 2.05) is 5.48 Å². The van der Waals surface area contributed by atoms with Crippen LogP contribution in [0, 0.1) is 15.9 Å². The van der Waals surface area contributed by atoms with Gasteiger partial charge in [-0.25, -0.2) is 14.0 Å². The largest absolute Gasteiger partial charge is 0.300 e. The van der Waals surface area contributed by atoms with Gasteiger partial charge in [0.25, 0.3) is 0 Å². The van der Waals surface area contributed by atoms with Crippen molar-refractivity contribution in [2.24, 2.45) is 4.99 Å². The minimum atomic E-state index is -0.613. The van der Waals surface area contributed by atoms with Crippen molar-refractivity contribution >= 4 is 28.2 Å². The highest BCUT2D eigenvalue weighted by molar-refractivity contribution is 5.95. The normalized spacial score (nSPS) is 11.7. The molecule has 0 aliphatic heterocycles. The van der Waals surface area contributed by atoms with Crippen molar-refractivity contribution in [1.82, 2.24) is 15.8 Å². The van der Waals surface area contributed by atoms with Crippen LogP contribution < -0.4 is 5.48 Å². The Bertz CT molecular complexity index is 940. The van der Waals surface area contributed by atoms with Gasteiger partial charge in [-0.2, -0.15) is 0 Å². The number of amidine groups is 1. The van der Waals surface area contributed by atoms with Crippen molar-refractivity contribution < 1.29 is 19.2 Å². The van der Waals surface area contributed by atoms with Gasteiger partial charge in [0.2, 0.25) is 5.52 Å². The van der Waals surface area contributed by atoms with Crippen molar-refractivity contribution in [1.29, 1.82) is 0 Å². The Morgan fingerprint density at radius 2 is 2.12 bits per heavy atom. The molecule has 0 unspecified atom stereocenters. The molecule has 10 heteroatoms. The molecular formula is C14H10FN5O4. The van der Waals surface area contributed by atoms with E-state index in [-0.39, 0.29) is 34.7 Å². The number of nitrogens with one attached hydrogen (secondary N) is 1. The number of non-ortho nitro benzene ring substituents is 1. The number of aliphatic imine (C=N–C) groups is 1. The number of fused-ring (bicyclic) bond motifs is 1. The van der Waals surface area contributed by atoms with Crippen LogP contribution in [0.2, 0.25) is 0 Å². The zero-order valence-corrected chi connectivity index (χ0v) is 12.0. The summed E-state index contributed by atoms with van der Waals surface area (Å²) in [6.45, 7) is 0. The molecule has 3 aromatic rings. The zero-order valence-electron chi connectivity index (χ0n) is 12.0. The van der Waals surface area contributed by atoms with E-state index >= 15 is 0 Å². The molecule has 0 saturated heterocycles. The van der Waals surface area contributed by atoms with E-state index in [9.17, 15) is 19.7 Å². The van der Waals surface area contributed by atoms with Crippen molar-refractivity contribution in [3.8, 4) is 0 Å². The van der Waals surface area contributed by atoms with Crippen LogP contribution in [-0.4, -0.2) is 26.3 Å². The number of nitrogens with zero attached hydrogens (tertiary/aromatic N) is 4. The fraction of sp³-hybridized carbons (Fsp3) is 0.0714. The lowest BCUT2D eigenvalue weighted by molar-refractivity contribution is -0.383. The van der Waals surface area contributed by atoms with Gasteiger partial charge in [0.15, 0.2) is 5.52 Å². The van der Waals surface area contributed by atoms with Crippen LogP contribution >= 0.6 is 0 Å². The molecule has 0 spiro atoms. The molecule has 0 saturated carbocycles. The molecule has 9 nitrogen and oxygen atoms in total. The van der Waals surface area contributed by atoms with E-state index in [1.165, 1.54) is 30.3 Å². The van der Waals surface area contributed by atoms with Crippen molar-refractivity contribution in [2.75, 3.05) is 0 Å². The minimum Gasteiger partial charge on any atom is -0.290 e. The number of nitro groups is 1. The molecule has 0 radical (unpaired) electrons. The van der Waals surface area contributed by atoms with E-state index in [4.69, 9.17) is 0 Å². The summed E-state index contributed by atoms with van der Waals surface area (Å²) in [6, 6.07) is 8.37. The van der Waals surface area contributed by atoms with Crippen LogP contribution in [0.4, 0.5) is 15.8 Å². The smallest absolute Gasteiger partial charge is 0.290 e. The van der Waals surface area contributed by atoms with Crippen LogP contribution in [0.25, 0.3) is 11.0 Å². The minimum absolute atomic E-state index is 0.0516. The molecule has 0 aliphatic rings. The Morgan fingerprint density at radius 3 is 2.83 bits per heavy atom. The number of aromatic nitrogens is 2. The second kappa shape index (κ2) is 6.38. The second-order valence-electron chi connectivity index (χ2n) is 4.80. The molecule has 3 rings (SSSR count). The Morgan fingerprint density at radius 1 is 1.33 bits per heavy atom. The third-order valence-electron chi connectivity index (χ3n) is 3.21. The van der Waals surface area contributed by atoms with Crippen molar-refractivity contribution in [3.05, 3.63) is 57.9 Å². The highest BCUT2D eigenvalue weighted by atomic mass is 19.1. The van der Waals surface area contributed by atoms with Crippen LogP contribution in [0.15, 0.2) is 46.0 Å². The van der Waals surface area contributed by atoms with Gasteiger partial charge in [0, 0.05) is 12.5 Å². The Hall–Kier alpha value is -3.40. The first-order valence-electron chi connectivity index (χ1n) is 6.70. The van der Waals surface area contributed by atoms with Crippen molar-refractivity contribution in [3.63, 3.8) is 0 Å². The average molecular weight is 331 g/mol. The summed E-state index contributed by atoms with van der Waals surface area (Å²) in [5.74, 6) is -0.318. The van der Waals surface area contributed by atoms with Crippen LogP contribution in [0.1, 0.15) is 5.56 Å². The van der Waals surface area contributed by atoms with Gasteiger partial charge in [-0.05, 0) is 34.1 Å². The van der Waals surface area contributed by atoms with Gasteiger partial charge < -0.3 is 0 Å². The lowest BCUT2D eigenvalue weighted by Crippen LogP contribution is -2.21.